The third-order valence-corrected chi connectivity index (χ3v) is 2.58. The Kier molecular flexibility index (Phi) is 6.63. The van der Waals surface area contributed by atoms with Crippen molar-refractivity contribution in [1.29, 1.82) is 0 Å². The Morgan fingerprint density at radius 1 is 1.33 bits per heavy atom. The fourth-order valence-corrected chi connectivity index (χ4v) is 1.66. The van der Waals surface area contributed by atoms with Crippen molar-refractivity contribution >= 4 is 11.6 Å². The molecule has 0 saturated carbocycles. The van der Waals surface area contributed by atoms with E-state index in [4.69, 9.17) is 9.84 Å². The van der Waals surface area contributed by atoms with Gasteiger partial charge in [-0.3, -0.25) is 0 Å². The quantitative estimate of drug-likeness (QED) is 0.756. The predicted octanol–water partition coefficient (Wildman–Crippen LogP) is 1.37. The number of halogens is 3. The highest BCUT2D eigenvalue weighted by molar-refractivity contribution is 5.49. The Morgan fingerprint density at radius 2 is 2.05 bits per heavy atom. The van der Waals surface area contributed by atoms with Crippen LogP contribution in [-0.4, -0.2) is 55.0 Å². The first-order valence-electron chi connectivity index (χ1n) is 6.47. The van der Waals surface area contributed by atoms with Gasteiger partial charge in [-0.2, -0.15) is 13.2 Å². The van der Waals surface area contributed by atoms with Gasteiger partial charge < -0.3 is 20.1 Å². The van der Waals surface area contributed by atoms with Gasteiger partial charge in [0.25, 0.3) is 0 Å². The molecule has 0 spiro atoms. The topological polar surface area (TPSA) is 70.5 Å². The summed E-state index contributed by atoms with van der Waals surface area (Å²) in [6.07, 6.45) is -4.63. The van der Waals surface area contributed by atoms with Crippen LogP contribution in [0.1, 0.15) is 12.7 Å². The van der Waals surface area contributed by atoms with E-state index in [1.54, 1.807) is 6.92 Å². The molecule has 2 N–H and O–H groups in total. The molecule has 0 aliphatic heterocycles. The van der Waals surface area contributed by atoms with Crippen molar-refractivity contribution in [3.8, 4) is 0 Å². The normalized spacial score (nSPS) is 11.5. The van der Waals surface area contributed by atoms with Crippen molar-refractivity contribution in [1.82, 2.24) is 9.97 Å². The van der Waals surface area contributed by atoms with Crippen molar-refractivity contribution in [2.24, 2.45) is 0 Å². The van der Waals surface area contributed by atoms with Gasteiger partial charge in [0.2, 0.25) is 5.82 Å². The molecule has 0 aliphatic rings. The van der Waals surface area contributed by atoms with Crippen molar-refractivity contribution in [2.45, 2.75) is 13.1 Å². The second kappa shape index (κ2) is 7.99. The number of nitrogens with one attached hydrogen (secondary N) is 1. The fraction of sp³-hybridized carbons (Fsp3) is 0.667. The van der Waals surface area contributed by atoms with Crippen molar-refractivity contribution in [3.63, 3.8) is 0 Å². The highest BCUT2D eigenvalue weighted by atomic mass is 19.4. The van der Waals surface area contributed by atoms with Crippen LogP contribution in [-0.2, 0) is 10.9 Å². The summed E-state index contributed by atoms with van der Waals surface area (Å²) in [6, 6.07) is 1.42. The minimum Gasteiger partial charge on any atom is -0.395 e. The Bertz CT molecular complexity index is 443. The summed E-state index contributed by atoms with van der Waals surface area (Å²) < 4.78 is 43.4. The maximum atomic E-state index is 12.8. The van der Waals surface area contributed by atoms with E-state index in [1.165, 1.54) is 18.1 Å². The first-order valence-corrected chi connectivity index (χ1v) is 6.47. The van der Waals surface area contributed by atoms with Crippen molar-refractivity contribution in [3.05, 3.63) is 11.9 Å². The van der Waals surface area contributed by atoms with E-state index in [1.807, 2.05) is 0 Å². The van der Waals surface area contributed by atoms with Gasteiger partial charge in [0.15, 0.2) is 0 Å². The van der Waals surface area contributed by atoms with Crippen LogP contribution in [0.15, 0.2) is 6.07 Å². The molecular formula is C12H19F3N4O2. The van der Waals surface area contributed by atoms with Gasteiger partial charge in [-0.1, -0.05) is 0 Å². The molecule has 0 radical (unpaired) electrons. The second-order valence-electron chi connectivity index (χ2n) is 4.17. The standard InChI is InChI=1S/C12H19F3N4O2/c1-3-16-9-8-10(18-11(17-9)12(13,14)15)19(4-6-20)5-7-21-2/h8,20H,3-7H2,1-2H3,(H,16,17,18). The third kappa shape index (κ3) is 5.35. The number of rotatable bonds is 8. The number of nitrogens with zero attached hydrogens (tertiary/aromatic N) is 3. The van der Waals surface area contributed by atoms with E-state index in [0.717, 1.165) is 0 Å². The summed E-state index contributed by atoms with van der Waals surface area (Å²) in [5, 5.41) is 11.8. The van der Waals surface area contributed by atoms with Gasteiger partial charge in [-0.05, 0) is 6.92 Å². The zero-order valence-electron chi connectivity index (χ0n) is 11.9. The monoisotopic (exact) mass is 308 g/mol. The lowest BCUT2D eigenvalue weighted by Crippen LogP contribution is -2.32. The van der Waals surface area contributed by atoms with Gasteiger partial charge in [0, 0.05) is 32.8 Å². The number of methoxy groups -OCH3 is 1. The first kappa shape index (κ1) is 17.4. The lowest BCUT2D eigenvalue weighted by atomic mass is 10.4. The van der Waals surface area contributed by atoms with Crippen LogP contribution in [0.2, 0.25) is 0 Å². The second-order valence-corrected chi connectivity index (χ2v) is 4.17. The molecule has 9 heteroatoms. The van der Waals surface area contributed by atoms with Crippen LogP contribution >= 0.6 is 0 Å². The van der Waals surface area contributed by atoms with Crippen molar-refractivity contribution in [2.75, 3.05) is 50.2 Å². The van der Waals surface area contributed by atoms with Crippen LogP contribution in [0, 0.1) is 0 Å². The number of anilines is 2. The average Bonchev–Trinajstić information content (AvgIpc) is 2.42. The summed E-state index contributed by atoms with van der Waals surface area (Å²) in [7, 11) is 1.49. The number of alkyl halides is 3. The smallest absolute Gasteiger partial charge is 0.395 e. The van der Waals surface area contributed by atoms with E-state index >= 15 is 0 Å². The molecule has 0 saturated heterocycles. The molecule has 1 rings (SSSR count). The maximum absolute atomic E-state index is 12.8. The molecule has 0 aromatic carbocycles. The minimum atomic E-state index is -4.63. The number of ether oxygens (including phenoxy) is 1. The van der Waals surface area contributed by atoms with E-state index in [9.17, 15) is 13.2 Å². The van der Waals surface area contributed by atoms with Crippen LogP contribution in [0.5, 0.6) is 0 Å². The van der Waals surface area contributed by atoms with Crippen LogP contribution in [0.3, 0.4) is 0 Å². The molecule has 0 atom stereocenters. The van der Waals surface area contributed by atoms with Crippen LogP contribution in [0.4, 0.5) is 24.8 Å². The Balaban J connectivity index is 3.14. The minimum absolute atomic E-state index is 0.0928. The molecule has 6 nitrogen and oxygen atoms in total. The Morgan fingerprint density at radius 3 is 2.57 bits per heavy atom. The summed E-state index contributed by atoms with van der Waals surface area (Å²) >= 11 is 0. The molecular weight excluding hydrogens is 289 g/mol. The molecule has 1 aromatic rings. The SMILES string of the molecule is CCNc1cc(N(CCO)CCOC)nc(C(F)(F)F)n1. The number of hydrogen-bond acceptors (Lipinski definition) is 6. The van der Waals surface area contributed by atoms with Crippen molar-refractivity contribution < 1.29 is 23.0 Å². The predicted molar refractivity (Wildman–Crippen MR) is 72.4 cm³/mol. The zero-order chi connectivity index (χ0) is 15.9. The zero-order valence-corrected chi connectivity index (χ0v) is 11.9. The molecule has 0 amide bonds. The van der Waals surface area contributed by atoms with E-state index < -0.39 is 12.0 Å². The lowest BCUT2D eigenvalue weighted by molar-refractivity contribution is -0.144. The Labute approximate surface area is 121 Å². The summed E-state index contributed by atoms with van der Waals surface area (Å²) in [5.41, 5.74) is 0. The van der Waals surface area contributed by atoms with E-state index in [0.29, 0.717) is 19.7 Å². The molecule has 0 bridgehead atoms. The van der Waals surface area contributed by atoms with Crippen LogP contribution < -0.4 is 10.2 Å². The summed E-state index contributed by atoms with van der Waals surface area (Å²) in [5.74, 6) is -1.02. The van der Waals surface area contributed by atoms with Gasteiger partial charge in [-0.15, -0.1) is 0 Å². The largest absolute Gasteiger partial charge is 0.451 e. The molecule has 1 aromatic heterocycles. The fourth-order valence-electron chi connectivity index (χ4n) is 1.66. The van der Waals surface area contributed by atoms with E-state index in [-0.39, 0.29) is 24.8 Å². The molecule has 21 heavy (non-hydrogen) atoms. The molecule has 0 fully saturated rings. The first-order chi connectivity index (χ1) is 9.92. The molecule has 0 unspecified atom stereocenters. The van der Waals surface area contributed by atoms with E-state index in [2.05, 4.69) is 15.3 Å². The Hall–Kier alpha value is -1.61. The van der Waals surface area contributed by atoms with Gasteiger partial charge in [0.05, 0.1) is 13.2 Å². The molecule has 1 heterocycles. The molecule has 0 aliphatic carbocycles. The van der Waals surface area contributed by atoms with Gasteiger partial charge >= 0.3 is 6.18 Å². The third-order valence-electron chi connectivity index (χ3n) is 2.58. The summed E-state index contributed by atoms with van der Waals surface area (Å²) in [4.78, 5) is 8.51. The molecule has 120 valence electrons. The highest BCUT2D eigenvalue weighted by Gasteiger charge is 2.35. The maximum Gasteiger partial charge on any atom is 0.451 e. The highest BCUT2D eigenvalue weighted by Crippen LogP contribution is 2.29. The van der Waals surface area contributed by atoms with Crippen LogP contribution in [0.25, 0.3) is 0 Å². The van der Waals surface area contributed by atoms with Gasteiger partial charge in [0.1, 0.15) is 11.6 Å². The lowest BCUT2D eigenvalue weighted by Gasteiger charge is -2.23. The van der Waals surface area contributed by atoms with Gasteiger partial charge in [-0.25, -0.2) is 9.97 Å². The number of aliphatic hydroxyl groups excluding tert-OH is 1. The summed E-state index contributed by atoms with van der Waals surface area (Å²) in [6.45, 7) is 2.77. The number of aromatic nitrogens is 2. The number of hydrogen-bond donors (Lipinski definition) is 2. The average molecular weight is 308 g/mol. The number of aliphatic hydroxyl groups is 1.